The lowest BCUT2D eigenvalue weighted by molar-refractivity contribution is -0.275. The number of hydrogen-bond acceptors (Lipinski definition) is 7. The van der Waals surface area contributed by atoms with Gasteiger partial charge >= 0.3 is 6.18 Å². The number of nitrogens with two attached hydrogens (primary N) is 1. The van der Waals surface area contributed by atoms with Gasteiger partial charge in [-0.1, -0.05) is 13.0 Å². The molecular formula is C22H19F5N4O3S. The van der Waals surface area contributed by atoms with Crippen LogP contribution in [0.2, 0.25) is 0 Å². The molecule has 4 rings (SSSR count). The minimum atomic E-state index is -4.79. The number of ether oxygens (including phenoxy) is 2. The number of carbonyl (C=O) groups is 1. The van der Waals surface area contributed by atoms with E-state index < -0.39 is 53.0 Å². The van der Waals surface area contributed by atoms with E-state index in [1.54, 1.807) is 0 Å². The third-order valence-electron chi connectivity index (χ3n) is 6.27. The lowest BCUT2D eigenvalue weighted by Gasteiger charge is -2.32. The molecule has 1 aromatic carbocycles. The molecule has 13 heteroatoms. The van der Waals surface area contributed by atoms with Gasteiger partial charge in [0.2, 0.25) is 5.82 Å². The standard InChI is InChI=1S/C22H19F5N4O3S/c1-9-14(11-4-5-12(23)15(24)16(11)33-3)17(34-21(9,2)22(25,26)27)19-30-20(35-31-19)10-6-7-29-13(8-10)18(28)32/h4-9,14,17H,1-3H3,(H2,28,32)/t9-,14-,17+,21+/m1/s1. The Morgan fingerprint density at radius 1 is 1.26 bits per heavy atom. The number of nitrogens with zero attached hydrogens (tertiary/aromatic N) is 3. The van der Waals surface area contributed by atoms with Crippen LogP contribution in [-0.2, 0) is 4.74 Å². The maximum atomic E-state index is 14.5. The fourth-order valence-electron chi connectivity index (χ4n) is 4.20. The molecule has 0 radical (unpaired) electrons. The summed E-state index contributed by atoms with van der Waals surface area (Å²) >= 11 is 0.864. The number of carbonyl (C=O) groups excluding carboxylic acids is 1. The fraction of sp³-hybridized carbons (Fsp3) is 0.364. The van der Waals surface area contributed by atoms with Crippen molar-refractivity contribution in [3.05, 3.63) is 59.2 Å². The van der Waals surface area contributed by atoms with Crippen LogP contribution in [-0.4, -0.2) is 39.1 Å². The summed E-state index contributed by atoms with van der Waals surface area (Å²) < 4.78 is 85.4. The van der Waals surface area contributed by atoms with Crippen molar-refractivity contribution in [3.8, 4) is 16.3 Å². The summed E-state index contributed by atoms with van der Waals surface area (Å²) in [6.45, 7) is 2.21. The second-order valence-corrected chi connectivity index (χ2v) is 8.95. The molecular weight excluding hydrogens is 495 g/mol. The number of alkyl halides is 3. The van der Waals surface area contributed by atoms with Crippen LogP contribution in [0.15, 0.2) is 30.5 Å². The van der Waals surface area contributed by atoms with Gasteiger partial charge in [-0.05, 0) is 36.7 Å². The molecule has 2 N–H and O–H groups in total. The van der Waals surface area contributed by atoms with Gasteiger partial charge in [-0.2, -0.15) is 21.9 Å². The number of pyridine rings is 1. The van der Waals surface area contributed by atoms with Gasteiger partial charge in [0.15, 0.2) is 23.0 Å². The summed E-state index contributed by atoms with van der Waals surface area (Å²) in [6, 6.07) is 4.90. The highest BCUT2D eigenvalue weighted by Crippen LogP contribution is 2.59. The quantitative estimate of drug-likeness (QED) is 0.491. The van der Waals surface area contributed by atoms with E-state index in [2.05, 4.69) is 14.3 Å². The van der Waals surface area contributed by atoms with E-state index in [1.165, 1.54) is 31.3 Å². The summed E-state index contributed by atoms with van der Waals surface area (Å²) in [7, 11) is 1.10. The van der Waals surface area contributed by atoms with Crippen LogP contribution in [0, 0.1) is 17.6 Å². The lowest BCUT2D eigenvalue weighted by atomic mass is 9.77. The first-order chi connectivity index (χ1) is 16.4. The van der Waals surface area contributed by atoms with Gasteiger partial charge in [0.05, 0.1) is 7.11 Å². The number of rotatable bonds is 5. The van der Waals surface area contributed by atoms with E-state index in [1.807, 2.05) is 0 Å². The Labute approximate surface area is 200 Å². The normalized spacial score (nSPS) is 24.5. The highest BCUT2D eigenvalue weighted by molar-refractivity contribution is 7.09. The second-order valence-electron chi connectivity index (χ2n) is 8.19. The van der Waals surface area contributed by atoms with E-state index >= 15 is 0 Å². The number of methoxy groups -OCH3 is 1. The molecule has 7 nitrogen and oxygen atoms in total. The Morgan fingerprint density at radius 2 is 1.97 bits per heavy atom. The molecule has 0 bridgehead atoms. The van der Waals surface area contributed by atoms with Gasteiger partial charge in [-0.3, -0.25) is 9.78 Å². The van der Waals surface area contributed by atoms with Gasteiger partial charge in [0.1, 0.15) is 16.8 Å². The van der Waals surface area contributed by atoms with Crippen molar-refractivity contribution >= 4 is 17.4 Å². The Balaban J connectivity index is 1.83. The molecule has 1 amide bonds. The van der Waals surface area contributed by atoms with Gasteiger partial charge < -0.3 is 15.2 Å². The minimum absolute atomic E-state index is 0.00634. The van der Waals surface area contributed by atoms with Crippen LogP contribution in [0.3, 0.4) is 0 Å². The van der Waals surface area contributed by atoms with Crippen molar-refractivity contribution in [1.29, 1.82) is 0 Å². The van der Waals surface area contributed by atoms with Gasteiger partial charge in [0, 0.05) is 29.2 Å². The molecule has 1 fully saturated rings. The van der Waals surface area contributed by atoms with Gasteiger partial charge in [-0.25, -0.2) is 9.37 Å². The number of benzene rings is 1. The molecule has 2 aromatic heterocycles. The van der Waals surface area contributed by atoms with Crippen LogP contribution in [0.25, 0.3) is 10.6 Å². The predicted molar refractivity (Wildman–Crippen MR) is 115 cm³/mol. The largest absolute Gasteiger partial charge is 0.493 e. The molecule has 186 valence electrons. The summed E-state index contributed by atoms with van der Waals surface area (Å²) in [6.07, 6.45) is -4.82. The number of primary amides is 1. The van der Waals surface area contributed by atoms with Crippen molar-refractivity contribution in [1.82, 2.24) is 14.3 Å². The van der Waals surface area contributed by atoms with Crippen molar-refractivity contribution in [2.75, 3.05) is 7.11 Å². The smallest absolute Gasteiger partial charge is 0.417 e. The molecule has 1 saturated heterocycles. The zero-order valence-corrected chi connectivity index (χ0v) is 19.4. The lowest BCUT2D eigenvalue weighted by Crippen LogP contribution is -2.46. The number of amides is 1. The summed E-state index contributed by atoms with van der Waals surface area (Å²) in [5.74, 6) is -6.27. The van der Waals surface area contributed by atoms with Crippen LogP contribution >= 0.6 is 11.5 Å². The van der Waals surface area contributed by atoms with E-state index in [0.29, 0.717) is 5.56 Å². The molecule has 4 atom stereocenters. The third-order valence-corrected chi connectivity index (χ3v) is 7.05. The van der Waals surface area contributed by atoms with Crippen molar-refractivity contribution in [2.45, 2.75) is 37.6 Å². The Morgan fingerprint density at radius 3 is 2.60 bits per heavy atom. The Hall–Kier alpha value is -3.19. The molecule has 0 unspecified atom stereocenters. The van der Waals surface area contributed by atoms with Crippen LogP contribution in [0.1, 0.15) is 47.7 Å². The number of hydrogen-bond donors (Lipinski definition) is 1. The summed E-state index contributed by atoms with van der Waals surface area (Å²) in [5.41, 5.74) is 3.00. The van der Waals surface area contributed by atoms with Crippen LogP contribution in [0.4, 0.5) is 22.0 Å². The van der Waals surface area contributed by atoms with Crippen molar-refractivity contribution in [2.24, 2.45) is 11.7 Å². The first-order valence-electron chi connectivity index (χ1n) is 10.2. The first-order valence-corrected chi connectivity index (χ1v) is 11.0. The third kappa shape index (κ3) is 4.12. The van der Waals surface area contributed by atoms with E-state index in [0.717, 1.165) is 31.6 Å². The second kappa shape index (κ2) is 8.79. The molecule has 1 aliphatic heterocycles. The van der Waals surface area contributed by atoms with E-state index in [4.69, 9.17) is 15.2 Å². The van der Waals surface area contributed by atoms with Crippen LogP contribution < -0.4 is 10.5 Å². The van der Waals surface area contributed by atoms with Crippen LogP contribution in [0.5, 0.6) is 5.75 Å². The average Bonchev–Trinajstić information content (AvgIpc) is 3.39. The number of aromatic nitrogens is 3. The molecule has 0 spiro atoms. The molecule has 3 aromatic rings. The maximum Gasteiger partial charge on any atom is 0.417 e. The number of halogens is 5. The highest BCUT2D eigenvalue weighted by Gasteiger charge is 2.65. The molecule has 0 aliphatic carbocycles. The minimum Gasteiger partial charge on any atom is -0.493 e. The average molecular weight is 514 g/mol. The molecule has 0 saturated carbocycles. The zero-order valence-electron chi connectivity index (χ0n) is 18.6. The maximum absolute atomic E-state index is 14.5. The van der Waals surface area contributed by atoms with E-state index in [9.17, 15) is 26.7 Å². The zero-order chi connectivity index (χ0) is 25.7. The monoisotopic (exact) mass is 514 g/mol. The van der Waals surface area contributed by atoms with Crippen molar-refractivity contribution in [3.63, 3.8) is 0 Å². The van der Waals surface area contributed by atoms with Crippen molar-refractivity contribution < 1.29 is 36.2 Å². The van der Waals surface area contributed by atoms with E-state index in [-0.39, 0.29) is 22.1 Å². The summed E-state index contributed by atoms with van der Waals surface area (Å²) in [4.78, 5) is 19.6. The van der Waals surface area contributed by atoms with Gasteiger partial charge in [-0.15, -0.1) is 0 Å². The highest BCUT2D eigenvalue weighted by atomic mass is 32.1. The molecule has 3 heterocycles. The first kappa shape index (κ1) is 24.9. The SMILES string of the molecule is COc1c([C@@H]2[C@@H](c3nsc(-c4ccnc(C(N)=O)c4)n3)O[C@](C)(C(F)(F)F)[C@@H]2C)ccc(F)c1F. The fourth-order valence-corrected chi connectivity index (χ4v) is 4.89. The van der Waals surface area contributed by atoms with Gasteiger partial charge in [0.25, 0.3) is 5.91 Å². The Bertz CT molecular complexity index is 1280. The molecule has 1 aliphatic rings. The Kier molecular flexibility index (Phi) is 6.26. The summed E-state index contributed by atoms with van der Waals surface area (Å²) in [5, 5.41) is 0.276. The molecule has 35 heavy (non-hydrogen) atoms. The predicted octanol–water partition coefficient (Wildman–Crippen LogP) is 4.80. The topological polar surface area (TPSA) is 100 Å².